The Morgan fingerprint density at radius 1 is 0.912 bits per heavy atom. The summed E-state index contributed by atoms with van der Waals surface area (Å²) in [6, 6.07) is 23.6. The first kappa shape index (κ1) is 24.8. The van der Waals surface area contributed by atoms with Crippen LogP contribution in [0.2, 0.25) is 0 Å². The molecule has 0 aliphatic rings. The Morgan fingerprint density at radius 2 is 1.56 bits per heavy atom. The average Bonchev–Trinajstić information content (AvgIpc) is 2.90. The van der Waals surface area contributed by atoms with Crippen molar-refractivity contribution in [1.29, 1.82) is 0 Å². The molecular formula is C26H27NO7. The number of hydrogen-bond donors (Lipinski definition) is 3. The molecule has 0 heterocycles. The molecule has 2 unspecified atom stereocenters. The number of aliphatic hydroxyl groups excluding tert-OH is 2. The molecule has 0 saturated carbocycles. The number of carbonyl (C=O) groups excluding carboxylic acids is 1. The number of ether oxygens (including phenoxy) is 3. The predicted octanol–water partition coefficient (Wildman–Crippen LogP) is 3.36. The van der Waals surface area contributed by atoms with E-state index in [-0.39, 0.29) is 0 Å². The predicted molar refractivity (Wildman–Crippen MR) is 125 cm³/mol. The number of benzene rings is 3. The van der Waals surface area contributed by atoms with Crippen molar-refractivity contribution in [2.45, 2.75) is 18.8 Å². The average molecular weight is 466 g/mol. The van der Waals surface area contributed by atoms with Gasteiger partial charge in [0.25, 0.3) is 0 Å². The molecule has 0 fully saturated rings. The summed E-state index contributed by atoms with van der Waals surface area (Å²) >= 11 is 0. The van der Waals surface area contributed by atoms with Crippen molar-refractivity contribution >= 4 is 11.7 Å². The largest absolute Gasteiger partial charge is 0.489 e. The van der Waals surface area contributed by atoms with E-state index in [1.54, 1.807) is 30.5 Å². The van der Waals surface area contributed by atoms with Gasteiger partial charge in [0.2, 0.25) is 0 Å². The van der Waals surface area contributed by atoms with Gasteiger partial charge in [-0.1, -0.05) is 54.6 Å². The smallest absolute Gasteiger partial charge is 0.337 e. The molecule has 3 N–H and O–H groups in total. The fourth-order valence-corrected chi connectivity index (χ4v) is 3.03. The van der Waals surface area contributed by atoms with Crippen LogP contribution in [-0.4, -0.2) is 36.5 Å². The second-order valence-electron chi connectivity index (χ2n) is 7.24. The molecule has 3 aromatic rings. The van der Waals surface area contributed by atoms with E-state index in [0.717, 1.165) is 18.2 Å². The van der Waals surface area contributed by atoms with Crippen LogP contribution in [0.1, 0.15) is 22.8 Å². The number of esters is 1. The van der Waals surface area contributed by atoms with Crippen molar-refractivity contribution in [2.24, 2.45) is 0 Å². The van der Waals surface area contributed by atoms with Crippen LogP contribution in [0.4, 0.5) is 0 Å². The van der Waals surface area contributed by atoms with Gasteiger partial charge in [-0.2, -0.15) is 0 Å². The van der Waals surface area contributed by atoms with Crippen molar-refractivity contribution in [3.05, 3.63) is 102 Å². The van der Waals surface area contributed by atoms with Gasteiger partial charge in [0.05, 0.1) is 14.2 Å². The highest BCUT2D eigenvalue weighted by molar-refractivity contribution is 5.75. The maximum atomic E-state index is 11.4. The van der Waals surface area contributed by atoms with Gasteiger partial charge < -0.3 is 24.4 Å². The van der Waals surface area contributed by atoms with Gasteiger partial charge in [-0.05, 0) is 35.4 Å². The van der Waals surface area contributed by atoms with E-state index in [4.69, 9.17) is 14.3 Å². The molecule has 0 bridgehead atoms. The van der Waals surface area contributed by atoms with Crippen LogP contribution >= 0.6 is 0 Å². The normalized spacial score (nSPS) is 13.0. The zero-order valence-corrected chi connectivity index (χ0v) is 18.9. The highest BCUT2D eigenvalue weighted by Crippen LogP contribution is 2.22. The molecule has 0 saturated heterocycles. The van der Waals surface area contributed by atoms with E-state index in [2.05, 4.69) is 10.2 Å². The van der Waals surface area contributed by atoms with Gasteiger partial charge in [0, 0.05) is 5.56 Å². The number of nitrogens with one attached hydrogen (secondary N) is 1. The first-order valence-electron chi connectivity index (χ1n) is 10.5. The summed E-state index contributed by atoms with van der Waals surface area (Å²) in [5.74, 6) is 0.324. The fourth-order valence-electron chi connectivity index (χ4n) is 3.03. The zero-order valence-electron chi connectivity index (χ0n) is 18.9. The minimum atomic E-state index is -1.65. The van der Waals surface area contributed by atoms with Crippen molar-refractivity contribution in [3.63, 3.8) is 0 Å². The topological polar surface area (TPSA) is 106 Å². The lowest BCUT2D eigenvalue weighted by molar-refractivity contribution is -0.156. The Labute approximate surface area is 197 Å². The van der Waals surface area contributed by atoms with Gasteiger partial charge in [-0.25, -0.2) is 4.79 Å². The first-order chi connectivity index (χ1) is 16.5. The Hall–Kier alpha value is -3.85. The van der Waals surface area contributed by atoms with Crippen LogP contribution in [0.15, 0.2) is 85.1 Å². The molecule has 178 valence electrons. The van der Waals surface area contributed by atoms with Crippen molar-refractivity contribution in [3.8, 4) is 11.5 Å². The number of aliphatic hydroxyl groups is 2. The molecule has 8 heteroatoms. The molecule has 3 aromatic carbocycles. The van der Waals surface area contributed by atoms with Crippen LogP contribution in [-0.2, 0) is 21.0 Å². The Morgan fingerprint density at radius 3 is 2.18 bits per heavy atom. The van der Waals surface area contributed by atoms with Gasteiger partial charge in [-0.15, -0.1) is 0 Å². The third kappa shape index (κ3) is 6.82. The molecular weight excluding hydrogens is 438 g/mol. The van der Waals surface area contributed by atoms with Crippen molar-refractivity contribution < 1.29 is 34.1 Å². The highest BCUT2D eigenvalue weighted by atomic mass is 16.6. The van der Waals surface area contributed by atoms with Crippen molar-refractivity contribution in [2.75, 3.05) is 14.2 Å². The molecule has 8 nitrogen and oxygen atoms in total. The lowest BCUT2D eigenvalue weighted by Crippen LogP contribution is -2.28. The van der Waals surface area contributed by atoms with Gasteiger partial charge in [-0.3, -0.25) is 10.3 Å². The lowest BCUT2D eigenvalue weighted by Gasteiger charge is -2.16. The summed E-state index contributed by atoms with van der Waals surface area (Å²) in [7, 11) is 2.68. The summed E-state index contributed by atoms with van der Waals surface area (Å²) in [5, 5.41) is 19.8. The molecule has 0 radical (unpaired) electrons. The molecule has 0 aromatic heterocycles. The number of carbonyl (C=O) groups is 1. The van der Waals surface area contributed by atoms with E-state index in [1.807, 2.05) is 54.6 Å². The number of methoxy groups -OCH3 is 1. The number of hydroxylamine groups is 1. The maximum Gasteiger partial charge on any atom is 0.337 e. The fraction of sp³-hybridized carbons (Fsp3) is 0.192. The van der Waals surface area contributed by atoms with Crippen LogP contribution < -0.4 is 15.0 Å². The SMILES string of the molecule is CONC(=COc1ccc(COc2ccc(C(O)C(O)C(=O)OC)cc2)cc1)c1ccccc1. The molecule has 0 aliphatic heterocycles. The van der Waals surface area contributed by atoms with Crippen LogP contribution in [0, 0.1) is 0 Å². The zero-order chi connectivity index (χ0) is 24.3. The van der Waals surface area contributed by atoms with Gasteiger partial charge in [0.1, 0.15) is 36.2 Å². The molecule has 3 rings (SSSR count). The van der Waals surface area contributed by atoms with E-state index in [9.17, 15) is 15.0 Å². The van der Waals surface area contributed by atoms with Crippen LogP contribution in [0.25, 0.3) is 5.70 Å². The molecule has 0 spiro atoms. The quantitative estimate of drug-likeness (QED) is 0.225. The van der Waals surface area contributed by atoms with E-state index < -0.39 is 18.2 Å². The van der Waals surface area contributed by atoms with Crippen LogP contribution in [0.3, 0.4) is 0 Å². The summed E-state index contributed by atoms with van der Waals surface area (Å²) in [6.45, 7) is 0.323. The van der Waals surface area contributed by atoms with Crippen molar-refractivity contribution in [1.82, 2.24) is 5.48 Å². The van der Waals surface area contributed by atoms with E-state index in [1.165, 1.54) is 7.11 Å². The standard InChI is InChI=1S/C26H27NO7/c1-31-26(30)25(29)24(28)20-10-14-22(15-11-20)33-16-18-8-12-21(13-9-18)34-17-23(27-32-2)19-6-4-3-5-7-19/h3-15,17,24-25,27-29H,16H2,1-2H3. The summed E-state index contributed by atoms with van der Waals surface area (Å²) in [5.41, 5.74) is 5.72. The summed E-state index contributed by atoms with van der Waals surface area (Å²) < 4.78 is 16.0. The third-order valence-electron chi connectivity index (χ3n) is 4.90. The van der Waals surface area contributed by atoms with E-state index >= 15 is 0 Å². The molecule has 0 amide bonds. The summed E-state index contributed by atoms with van der Waals surface area (Å²) in [4.78, 5) is 16.4. The third-order valence-corrected chi connectivity index (χ3v) is 4.90. The van der Waals surface area contributed by atoms with Gasteiger partial charge in [0.15, 0.2) is 6.10 Å². The highest BCUT2D eigenvalue weighted by Gasteiger charge is 2.26. The minimum Gasteiger partial charge on any atom is -0.489 e. The second kappa shape index (κ2) is 12.4. The first-order valence-corrected chi connectivity index (χ1v) is 10.5. The number of hydrogen-bond acceptors (Lipinski definition) is 8. The number of rotatable bonds is 11. The Kier molecular flexibility index (Phi) is 9.04. The molecule has 34 heavy (non-hydrogen) atoms. The van der Waals surface area contributed by atoms with E-state index in [0.29, 0.717) is 29.4 Å². The minimum absolute atomic E-state index is 0.323. The Balaban J connectivity index is 1.55. The monoisotopic (exact) mass is 465 g/mol. The van der Waals surface area contributed by atoms with Gasteiger partial charge >= 0.3 is 5.97 Å². The molecule has 0 aliphatic carbocycles. The molecule has 2 atom stereocenters. The van der Waals surface area contributed by atoms with Crippen LogP contribution in [0.5, 0.6) is 11.5 Å². The lowest BCUT2D eigenvalue weighted by atomic mass is 10.0. The second-order valence-corrected chi connectivity index (χ2v) is 7.24. The summed E-state index contributed by atoms with van der Waals surface area (Å²) in [6.07, 6.45) is -1.46. The maximum absolute atomic E-state index is 11.4. The Bertz CT molecular complexity index is 1070.